The number of anilines is 2. The van der Waals surface area contributed by atoms with Crippen LogP contribution in [-0.4, -0.2) is 86.8 Å². The number of rotatable bonds is 9. The number of aliphatic hydroxyl groups is 1. The zero-order valence-electron chi connectivity index (χ0n) is 26.6. The number of hydrogen-bond acceptors (Lipinski definition) is 8. The lowest BCUT2D eigenvalue weighted by atomic mass is 10.00. The maximum Gasteiger partial charge on any atom is 0.323 e. The second-order valence-electron chi connectivity index (χ2n) is 12.2. The molecule has 3 amide bonds. The normalized spacial score (nSPS) is 18.8. The lowest BCUT2D eigenvalue weighted by molar-refractivity contribution is 0.0512. The molecule has 0 aromatic heterocycles. The summed E-state index contributed by atoms with van der Waals surface area (Å²) in [5.74, 6) is 0.616. The van der Waals surface area contributed by atoms with E-state index in [1.54, 1.807) is 42.5 Å². The predicted octanol–water partition coefficient (Wildman–Crippen LogP) is 4.21. The minimum Gasteiger partial charge on any atom is -0.497 e. The Bertz CT molecular complexity index is 1710. The van der Waals surface area contributed by atoms with Crippen molar-refractivity contribution < 1.29 is 37.3 Å². The van der Waals surface area contributed by atoms with Crippen LogP contribution in [0.2, 0.25) is 0 Å². The average Bonchev–Trinajstić information content (AvgIpc) is 3.35. The van der Waals surface area contributed by atoms with Crippen LogP contribution in [0.15, 0.2) is 65.6 Å². The SMILES string of the molecule is COc1ccc(S(=O)(=O)N(C)C[C@@H]2Oc3c(NC(=O)Nc4cccc5c4CC(C)(C)O5)cccc3C(=O)N(CCO)CC2C)cc1. The van der Waals surface area contributed by atoms with Crippen LogP contribution in [0.5, 0.6) is 17.2 Å². The second kappa shape index (κ2) is 13.2. The topological polar surface area (TPSA) is 147 Å². The third kappa shape index (κ3) is 6.91. The Morgan fingerprint density at radius 2 is 1.76 bits per heavy atom. The van der Waals surface area contributed by atoms with Gasteiger partial charge in [0.05, 0.1) is 36.4 Å². The van der Waals surface area contributed by atoms with Gasteiger partial charge in [-0.3, -0.25) is 4.79 Å². The second-order valence-corrected chi connectivity index (χ2v) is 14.2. The first-order valence-electron chi connectivity index (χ1n) is 15.0. The van der Waals surface area contributed by atoms with Crippen molar-refractivity contribution in [1.29, 1.82) is 0 Å². The fourth-order valence-electron chi connectivity index (χ4n) is 5.72. The molecule has 2 aliphatic heterocycles. The van der Waals surface area contributed by atoms with E-state index in [0.29, 0.717) is 23.6 Å². The summed E-state index contributed by atoms with van der Waals surface area (Å²) < 4.78 is 45.8. The average molecular weight is 653 g/mol. The summed E-state index contributed by atoms with van der Waals surface area (Å²) in [5.41, 5.74) is 1.49. The van der Waals surface area contributed by atoms with Crippen molar-refractivity contribution in [3.05, 3.63) is 71.8 Å². The van der Waals surface area contributed by atoms with Crippen LogP contribution < -0.4 is 24.8 Å². The first-order chi connectivity index (χ1) is 21.8. The van der Waals surface area contributed by atoms with Gasteiger partial charge in [-0.2, -0.15) is 4.31 Å². The first-order valence-corrected chi connectivity index (χ1v) is 16.5. The third-order valence-corrected chi connectivity index (χ3v) is 9.98. The molecule has 246 valence electrons. The number of amides is 3. The van der Waals surface area contributed by atoms with Gasteiger partial charge in [-0.1, -0.05) is 19.1 Å². The molecule has 2 heterocycles. The molecule has 46 heavy (non-hydrogen) atoms. The maximum atomic E-state index is 13.6. The van der Waals surface area contributed by atoms with E-state index in [9.17, 15) is 23.1 Å². The minimum atomic E-state index is -3.91. The van der Waals surface area contributed by atoms with Gasteiger partial charge < -0.3 is 34.9 Å². The van der Waals surface area contributed by atoms with Crippen LogP contribution in [0.4, 0.5) is 16.2 Å². The summed E-state index contributed by atoms with van der Waals surface area (Å²) in [6.45, 7) is 5.79. The van der Waals surface area contributed by atoms with Gasteiger partial charge >= 0.3 is 6.03 Å². The lowest BCUT2D eigenvalue weighted by Gasteiger charge is -2.36. The molecule has 0 spiro atoms. The van der Waals surface area contributed by atoms with Crippen LogP contribution in [0.3, 0.4) is 0 Å². The Labute approximate surface area is 269 Å². The molecule has 2 aliphatic rings. The van der Waals surface area contributed by atoms with E-state index >= 15 is 0 Å². The van der Waals surface area contributed by atoms with Gasteiger partial charge in [0.15, 0.2) is 5.75 Å². The number of hydrogen-bond donors (Lipinski definition) is 3. The summed E-state index contributed by atoms with van der Waals surface area (Å²) in [6.07, 6.45) is -0.112. The predicted molar refractivity (Wildman–Crippen MR) is 173 cm³/mol. The van der Waals surface area contributed by atoms with E-state index in [1.165, 1.54) is 35.5 Å². The van der Waals surface area contributed by atoms with E-state index in [2.05, 4.69) is 10.6 Å². The number of aliphatic hydroxyl groups excluding tert-OH is 1. The number of methoxy groups -OCH3 is 1. The molecule has 0 fully saturated rings. The number of β-amino-alcohol motifs (C(OH)–C–C–N with tert-alkyl or cyclic N) is 1. The molecule has 5 rings (SSSR count). The number of carbonyl (C=O) groups excluding carboxylic acids is 2. The van der Waals surface area contributed by atoms with Crippen LogP contribution >= 0.6 is 0 Å². The summed E-state index contributed by atoms with van der Waals surface area (Å²) in [5, 5.41) is 15.4. The zero-order chi connectivity index (χ0) is 33.2. The molecule has 3 aromatic rings. The number of benzene rings is 3. The molecule has 3 N–H and O–H groups in total. The third-order valence-electron chi connectivity index (χ3n) is 8.14. The molecule has 0 bridgehead atoms. The Kier molecular flexibility index (Phi) is 9.47. The summed E-state index contributed by atoms with van der Waals surface area (Å²) in [6, 6.07) is 15.8. The fourth-order valence-corrected chi connectivity index (χ4v) is 6.91. The highest BCUT2D eigenvalue weighted by Crippen LogP contribution is 2.40. The zero-order valence-corrected chi connectivity index (χ0v) is 27.4. The number of nitrogens with zero attached hydrogens (tertiary/aromatic N) is 2. The largest absolute Gasteiger partial charge is 0.497 e. The Morgan fingerprint density at radius 3 is 2.46 bits per heavy atom. The van der Waals surface area contributed by atoms with Crippen molar-refractivity contribution in [2.45, 2.75) is 43.8 Å². The number of likely N-dealkylation sites (N-methyl/N-ethyl adjacent to an activating group) is 1. The quantitative estimate of drug-likeness (QED) is 0.312. The number of para-hydroxylation sites is 1. The summed E-state index contributed by atoms with van der Waals surface area (Å²) in [7, 11) is -0.943. The van der Waals surface area contributed by atoms with Crippen LogP contribution in [-0.2, 0) is 16.4 Å². The number of urea groups is 1. The van der Waals surface area contributed by atoms with E-state index in [0.717, 1.165) is 5.56 Å². The van der Waals surface area contributed by atoms with Crippen molar-refractivity contribution in [2.24, 2.45) is 5.92 Å². The van der Waals surface area contributed by atoms with E-state index in [-0.39, 0.29) is 60.0 Å². The molecule has 12 nitrogen and oxygen atoms in total. The van der Waals surface area contributed by atoms with Gasteiger partial charge in [0.2, 0.25) is 10.0 Å². The maximum absolute atomic E-state index is 13.6. The molecule has 1 unspecified atom stereocenters. The highest BCUT2D eigenvalue weighted by molar-refractivity contribution is 7.89. The summed E-state index contributed by atoms with van der Waals surface area (Å²) >= 11 is 0. The first kappa shape index (κ1) is 33.0. The van der Waals surface area contributed by atoms with Gasteiger partial charge in [0, 0.05) is 43.7 Å². The van der Waals surface area contributed by atoms with E-state index < -0.39 is 27.8 Å². The summed E-state index contributed by atoms with van der Waals surface area (Å²) in [4.78, 5) is 28.6. The minimum absolute atomic E-state index is 0.0530. The van der Waals surface area contributed by atoms with Gasteiger partial charge in [-0.25, -0.2) is 13.2 Å². The lowest BCUT2D eigenvalue weighted by Crippen LogP contribution is -2.48. The monoisotopic (exact) mass is 652 g/mol. The molecule has 2 atom stereocenters. The van der Waals surface area contributed by atoms with E-state index in [1.807, 2.05) is 26.8 Å². The Morgan fingerprint density at radius 1 is 1.09 bits per heavy atom. The molecule has 0 radical (unpaired) electrons. The molecule has 0 aliphatic carbocycles. The number of fused-ring (bicyclic) bond motifs is 2. The number of nitrogens with one attached hydrogen (secondary N) is 2. The van der Waals surface area contributed by atoms with Crippen molar-refractivity contribution >= 4 is 33.3 Å². The number of ether oxygens (including phenoxy) is 3. The van der Waals surface area contributed by atoms with Gasteiger partial charge in [0.1, 0.15) is 23.2 Å². The van der Waals surface area contributed by atoms with E-state index in [4.69, 9.17) is 14.2 Å². The van der Waals surface area contributed by atoms with Gasteiger partial charge in [-0.05, 0) is 62.4 Å². The van der Waals surface area contributed by atoms with Gasteiger partial charge in [0.25, 0.3) is 5.91 Å². The molecule has 3 aromatic carbocycles. The molecule has 0 saturated heterocycles. The van der Waals surface area contributed by atoms with Gasteiger partial charge in [-0.15, -0.1) is 0 Å². The Balaban J connectivity index is 1.43. The molecular weight excluding hydrogens is 612 g/mol. The smallest absolute Gasteiger partial charge is 0.323 e. The highest BCUT2D eigenvalue weighted by Gasteiger charge is 2.35. The number of sulfonamides is 1. The van der Waals surface area contributed by atoms with Crippen molar-refractivity contribution in [1.82, 2.24) is 9.21 Å². The highest BCUT2D eigenvalue weighted by atomic mass is 32.2. The van der Waals surface area contributed by atoms with Crippen LogP contribution in [0.25, 0.3) is 0 Å². The van der Waals surface area contributed by atoms with Crippen LogP contribution in [0, 0.1) is 5.92 Å². The fraction of sp³-hybridized carbons (Fsp3) is 0.394. The molecule has 0 saturated carbocycles. The van der Waals surface area contributed by atoms with Crippen LogP contribution in [0.1, 0.15) is 36.7 Å². The standard InChI is InChI=1S/C33H40N4O8S/c1-21-19-37(16-17-38)31(39)24-8-6-10-27(35-32(40)34-26-9-7-11-28-25(26)18-33(2,3)45-28)30(24)44-29(21)20-36(4)46(41,42)23-14-12-22(43-5)13-15-23/h6-15,21,29,38H,16-20H2,1-5H3,(H2,34,35,40)/t21?,29-/m0/s1. The van der Waals surface area contributed by atoms with Crippen molar-refractivity contribution in [3.63, 3.8) is 0 Å². The Hall–Kier alpha value is -4.33. The van der Waals surface area contributed by atoms with Crippen molar-refractivity contribution in [3.8, 4) is 17.2 Å². The molecular formula is C33H40N4O8S. The van der Waals surface area contributed by atoms with Crippen molar-refractivity contribution in [2.75, 3.05) is 51.0 Å². The number of carbonyl (C=O) groups is 2. The molecule has 13 heteroatoms.